The van der Waals surface area contributed by atoms with E-state index >= 15 is 0 Å². The summed E-state index contributed by atoms with van der Waals surface area (Å²) in [6, 6.07) is 12.2. The highest BCUT2D eigenvalue weighted by atomic mass is 32.1. The third kappa shape index (κ3) is 4.41. The summed E-state index contributed by atoms with van der Waals surface area (Å²) < 4.78 is 5.76. The number of aliphatic hydroxyl groups excluding tert-OH is 1. The zero-order valence-corrected chi connectivity index (χ0v) is 19.7. The Bertz CT molecular complexity index is 1200. The first-order chi connectivity index (χ1) is 15.9. The second-order valence-corrected chi connectivity index (χ2v) is 8.95. The number of ketones is 1. The van der Waals surface area contributed by atoms with Gasteiger partial charge in [-0.1, -0.05) is 43.2 Å². The number of hydrogen-bond donors (Lipinski definition) is 1. The lowest BCUT2D eigenvalue weighted by molar-refractivity contribution is -0.132. The molecule has 1 fully saturated rings. The van der Waals surface area contributed by atoms with Gasteiger partial charge in [0, 0.05) is 17.1 Å². The molecule has 33 heavy (non-hydrogen) atoms. The van der Waals surface area contributed by atoms with Gasteiger partial charge in [0.2, 0.25) is 0 Å². The molecule has 1 atom stereocenters. The lowest BCUT2D eigenvalue weighted by atomic mass is 9.93. The first kappa shape index (κ1) is 22.7. The van der Waals surface area contributed by atoms with Gasteiger partial charge in [0.25, 0.3) is 5.78 Å². The number of unbranched alkanes of at least 4 members (excludes halogenated alkanes) is 1. The molecule has 0 spiro atoms. The van der Waals surface area contributed by atoms with Crippen LogP contribution in [0.15, 0.2) is 59.6 Å². The molecular formula is C26H26N2O4S. The number of thiazole rings is 1. The van der Waals surface area contributed by atoms with E-state index in [0.717, 1.165) is 24.0 Å². The van der Waals surface area contributed by atoms with E-state index < -0.39 is 17.7 Å². The van der Waals surface area contributed by atoms with Gasteiger partial charge in [-0.3, -0.25) is 14.5 Å². The van der Waals surface area contributed by atoms with Gasteiger partial charge in [-0.25, -0.2) is 4.98 Å². The van der Waals surface area contributed by atoms with Crippen LogP contribution in [0.2, 0.25) is 0 Å². The fraction of sp³-hybridized carbons (Fsp3) is 0.269. The molecule has 4 rings (SSSR count). The van der Waals surface area contributed by atoms with E-state index in [1.165, 1.54) is 16.2 Å². The second kappa shape index (κ2) is 9.58. The van der Waals surface area contributed by atoms with Gasteiger partial charge in [-0.05, 0) is 49.6 Å². The number of aryl methyl sites for hydroxylation is 2. The van der Waals surface area contributed by atoms with Crippen molar-refractivity contribution < 1.29 is 19.4 Å². The van der Waals surface area contributed by atoms with Crippen LogP contribution < -0.4 is 9.64 Å². The normalized spacial score (nSPS) is 17.5. The molecule has 1 saturated heterocycles. The molecule has 3 aromatic rings. The topological polar surface area (TPSA) is 79.7 Å². The predicted octanol–water partition coefficient (Wildman–Crippen LogP) is 5.57. The molecular weight excluding hydrogens is 436 g/mol. The minimum atomic E-state index is -0.791. The van der Waals surface area contributed by atoms with Gasteiger partial charge in [0.1, 0.15) is 11.5 Å². The zero-order chi connectivity index (χ0) is 23.5. The van der Waals surface area contributed by atoms with Crippen LogP contribution in [-0.2, 0) is 9.59 Å². The number of anilines is 1. The summed E-state index contributed by atoms with van der Waals surface area (Å²) >= 11 is 1.27. The molecule has 1 unspecified atom stereocenters. The van der Waals surface area contributed by atoms with Crippen molar-refractivity contribution in [2.24, 2.45) is 0 Å². The maximum atomic E-state index is 13.2. The Balaban J connectivity index is 1.83. The number of carbonyl (C=O) groups is 2. The fourth-order valence-corrected chi connectivity index (χ4v) is 4.56. The van der Waals surface area contributed by atoms with Crippen LogP contribution in [0.3, 0.4) is 0 Å². The van der Waals surface area contributed by atoms with Crippen LogP contribution >= 0.6 is 11.3 Å². The summed E-state index contributed by atoms with van der Waals surface area (Å²) in [5.74, 6) is -0.892. The van der Waals surface area contributed by atoms with E-state index in [1.54, 1.807) is 11.6 Å². The van der Waals surface area contributed by atoms with Crippen molar-refractivity contribution in [3.63, 3.8) is 0 Å². The monoisotopic (exact) mass is 462 g/mol. The Kier molecular flexibility index (Phi) is 6.60. The first-order valence-electron chi connectivity index (χ1n) is 10.9. The first-order valence-corrected chi connectivity index (χ1v) is 11.8. The molecule has 7 heteroatoms. The number of nitrogens with zero attached hydrogens (tertiary/aromatic N) is 2. The number of benzene rings is 2. The fourth-order valence-electron chi connectivity index (χ4n) is 3.90. The average Bonchev–Trinajstić information content (AvgIpc) is 3.42. The average molecular weight is 463 g/mol. The van der Waals surface area contributed by atoms with E-state index in [4.69, 9.17) is 4.74 Å². The molecule has 1 aromatic heterocycles. The number of hydrogen-bond acceptors (Lipinski definition) is 6. The summed E-state index contributed by atoms with van der Waals surface area (Å²) in [5.41, 5.74) is 3.05. The van der Waals surface area contributed by atoms with Crippen LogP contribution in [0.25, 0.3) is 5.76 Å². The summed E-state index contributed by atoms with van der Waals surface area (Å²) in [6.07, 6.45) is 3.59. The van der Waals surface area contributed by atoms with Crippen molar-refractivity contribution in [2.75, 3.05) is 11.5 Å². The van der Waals surface area contributed by atoms with E-state index in [0.29, 0.717) is 28.6 Å². The maximum absolute atomic E-state index is 13.2. The third-order valence-corrected chi connectivity index (χ3v) is 6.45. The Morgan fingerprint density at radius 1 is 1.15 bits per heavy atom. The van der Waals surface area contributed by atoms with Gasteiger partial charge in [0.05, 0.1) is 18.2 Å². The predicted molar refractivity (Wildman–Crippen MR) is 130 cm³/mol. The number of rotatable bonds is 7. The van der Waals surface area contributed by atoms with Gasteiger partial charge in [-0.2, -0.15) is 0 Å². The lowest BCUT2D eigenvalue weighted by Gasteiger charge is -2.23. The largest absolute Gasteiger partial charge is 0.507 e. The Morgan fingerprint density at radius 3 is 2.58 bits per heavy atom. The highest BCUT2D eigenvalue weighted by Gasteiger charge is 2.48. The molecule has 2 aromatic carbocycles. The van der Waals surface area contributed by atoms with Crippen molar-refractivity contribution in [3.05, 3.63) is 81.9 Å². The number of carbonyl (C=O) groups excluding carboxylic acids is 2. The number of Topliss-reactive ketones (excluding diaryl/α,β-unsaturated/α-hetero) is 1. The van der Waals surface area contributed by atoms with E-state index in [-0.39, 0.29) is 11.3 Å². The van der Waals surface area contributed by atoms with Gasteiger partial charge in [0.15, 0.2) is 5.13 Å². The highest BCUT2D eigenvalue weighted by molar-refractivity contribution is 7.14. The molecule has 1 aliphatic heterocycles. The van der Waals surface area contributed by atoms with Crippen LogP contribution in [-0.4, -0.2) is 28.4 Å². The van der Waals surface area contributed by atoms with Crippen LogP contribution in [0.4, 0.5) is 5.13 Å². The maximum Gasteiger partial charge on any atom is 0.301 e. The van der Waals surface area contributed by atoms with Gasteiger partial charge < -0.3 is 9.84 Å². The highest BCUT2D eigenvalue weighted by Crippen LogP contribution is 2.43. The molecule has 0 bridgehead atoms. The Labute approximate surface area is 197 Å². The minimum absolute atomic E-state index is 0.0588. The number of ether oxygens (including phenoxy) is 1. The molecule has 1 aliphatic rings. The lowest BCUT2D eigenvalue weighted by Crippen LogP contribution is -2.29. The van der Waals surface area contributed by atoms with E-state index in [1.807, 2.05) is 56.3 Å². The quantitative estimate of drug-likeness (QED) is 0.215. The van der Waals surface area contributed by atoms with Crippen molar-refractivity contribution in [2.45, 2.75) is 39.7 Å². The van der Waals surface area contributed by atoms with E-state index in [2.05, 4.69) is 11.9 Å². The third-order valence-electron chi connectivity index (χ3n) is 5.68. The summed E-state index contributed by atoms with van der Waals surface area (Å²) in [7, 11) is 0. The van der Waals surface area contributed by atoms with Gasteiger partial charge in [-0.15, -0.1) is 11.3 Å². The number of amides is 1. The zero-order valence-electron chi connectivity index (χ0n) is 18.9. The number of aliphatic hydroxyl groups is 1. The van der Waals surface area contributed by atoms with E-state index in [9.17, 15) is 14.7 Å². The Hall–Kier alpha value is -3.45. The van der Waals surface area contributed by atoms with Crippen molar-refractivity contribution >= 4 is 33.9 Å². The molecule has 2 heterocycles. The van der Waals surface area contributed by atoms with Crippen LogP contribution in [0.1, 0.15) is 48.1 Å². The second-order valence-electron chi connectivity index (χ2n) is 8.07. The summed E-state index contributed by atoms with van der Waals surface area (Å²) in [4.78, 5) is 31.9. The summed E-state index contributed by atoms with van der Waals surface area (Å²) in [6.45, 7) is 6.51. The van der Waals surface area contributed by atoms with Crippen LogP contribution in [0.5, 0.6) is 5.75 Å². The molecule has 6 nitrogen and oxygen atoms in total. The standard InChI is InChI=1S/C26H26N2O4S/c1-4-5-13-32-19-10-8-18(9-11-19)22-21(23(29)20-15-16(2)6-7-17(20)3)24(30)25(31)28(22)26-27-12-14-33-26/h6-12,14-15,22,29H,4-5,13H2,1-3H3/b23-21+. The van der Waals surface area contributed by atoms with Gasteiger partial charge >= 0.3 is 5.91 Å². The Morgan fingerprint density at radius 2 is 1.91 bits per heavy atom. The molecule has 0 aliphatic carbocycles. The van der Waals surface area contributed by atoms with Crippen LogP contribution in [0, 0.1) is 13.8 Å². The molecule has 0 radical (unpaired) electrons. The SMILES string of the molecule is CCCCOc1ccc(C2/C(=C(\O)c3cc(C)ccc3C)C(=O)C(=O)N2c2nccs2)cc1. The molecule has 1 N–H and O–H groups in total. The van der Waals surface area contributed by atoms with Crippen molar-refractivity contribution in [3.8, 4) is 5.75 Å². The summed E-state index contributed by atoms with van der Waals surface area (Å²) in [5, 5.41) is 13.5. The van der Waals surface area contributed by atoms with Crippen molar-refractivity contribution in [1.29, 1.82) is 0 Å². The molecule has 0 saturated carbocycles. The molecule has 1 amide bonds. The minimum Gasteiger partial charge on any atom is -0.507 e. The smallest absolute Gasteiger partial charge is 0.301 e. The van der Waals surface area contributed by atoms with Crippen molar-refractivity contribution in [1.82, 2.24) is 4.98 Å². The molecule has 170 valence electrons. The number of aromatic nitrogens is 1.